The molecule has 110 valence electrons. The molecule has 2 amide bonds. The molecule has 0 aliphatic carbocycles. The van der Waals surface area contributed by atoms with Gasteiger partial charge in [0, 0.05) is 13.7 Å². The van der Waals surface area contributed by atoms with Crippen molar-refractivity contribution in [3.63, 3.8) is 0 Å². The van der Waals surface area contributed by atoms with Gasteiger partial charge in [0.25, 0.3) is 0 Å². The SMILES string of the molecule is COCCN(CC(=O)O)C(=O)Nc1ccc(F)cc1Cl. The topological polar surface area (TPSA) is 78.9 Å². The van der Waals surface area contributed by atoms with E-state index in [-0.39, 0.29) is 23.9 Å². The summed E-state index contributed by atoms with van der Waals surface area (Å²) in [5.41, 5.74) is 0.200. The maximum Gasteiger partial charge on any atom is 0.323 e. The highest BCUT2D eigenvalue weighted by atomic mass is 35.5. The molecule has 0 unspecified atom stereocenters. The fourth-order valence-electron chi connectivity index (χ4n) is 1.40. The number of hydrogen-bond acceptors (Lipinski definition) is 3. The van der Waals surface area contributed by atoms with Gasteiger partial charge in [-0.25, -0.2) is 9.18 Å². The van der Waals surface area contributed by atoms with Crippen LogP contribution in [0, 0.1) is 5.82 Å². The van der Waals surface area contributed by atoms with E-state index in [0.29, 0.717) is 0 Å². The Bertz CT molecular complexity index is 498. The van der Waals surface area contributed by atoms with Crippen LogP contribution in [0.1, 0.15) is 0 Å². The zero-order chi connectivity index (χ0) is 15.1. The molecule has 0 aromatic heterocycles. The molecule has 0 saturated heterocycles. The van der Waals surface area contributed by atoms with E-state index in [1.807, 2.05) is 0 Å². The van der Waals surface area contributed by atoms with Crippen LogP contribution >= 0.6 is 11.6 Å². The molecule has 0 aliphatic heterocycles. The molecule has 0 saturated carbocycles. The zero-order valence-corrected chi connectivity index (χ0v) is 11.5. The first-order valence-electron chi connectivity index (χ1n) is 5.65. The maximum absolute atomic E-state index is 12.9. The standard InChI is InChI=1S/C12H14ClFN2O4/c1-20-5-4-16(7-11(17)18)12(19)15-10-3-2-8(14)6-9(10)13/h2-3,6H,4-5,7H2,1H3,(H,15,19)(H,17,18). The van der Waals surface area contributed by atoms with Gasteiger partial charge in [-0.05, 0) is 18.2 Å². The van der Waals surface area contributed by atoms with Crippen molar-refractivity contribution in [1.29, 1.82) is 0 Å². The van der Waals surface area contributed by atoms with Crippen LogP contribution in [0.5, 0.6) is 0 Å². The summed E-state index contributed by atoms with van der Waals surface area (Å²) in [6.07, 6.45) is 0. The lowest BCUT2D eigenvalue weighted by atomic mass is 10.3. The molecule has 0 heterocycles. The predicted molar refractivity (Wildman–Crippen MR) is 71.5 cm³/mol. The van der Waals surface area contributed by atoms with Crippen LogP contribution in [0.3, 0.4) is 0 Å². The van der Waals surface area contributed by atoms with E-state index in [9.17, 15) is 14.0 Å². The number of carboxylic acid groups (broad SMARTS) is 1. The molecule has 0 spiro atoms. The molecule has 6 nitrogen and oxygen atoms in total. The molecule has 0 radical (unpaired) electrons. The van der Waals surface area contributed by atoms with E-state index in [1.54, 1.807) is 0 Å². The van der Waals surface area contributed by atoms with Gasteiger partial charge < -0.3 is 20.1 Å². The smallest absolute Gasteiger partial charge is 0.323 e. The number of hydrogen-bond donors (Lipinski definition) is 2. The number of carboxylic acids is 1. The third-order valence-corrected chi connectivity index (χ3v) is 2.66. The lowest BCUT2D eigenvalue weighted by Crippen LogP contribution is -2.40. The van der Waals surface area contributed by atoms with Crippen molar-refractivity contribution < 1.29 is 23.8 Å². The number of ether oxygens (including phenoxy) is 1. The number of methoxy groups -OCH3 is 1. The van der Waals surface area contributed by atoms with Crippen LogP contribution in [0.15, 0.2) is 18.2 Å². The van der Waals surface area contributed by atoms with Gasteiger partial charge in [0.2, 0.25) is 0 Å². The molecular weight excluding hydrogens is 291 g/mol. The van der Waals surface area contributed by atoms with E-state index >= 15 is 0 Å². The number of urea groups is 1. The zero-order valence-electron chi connectivity index (χ0n) is 10.7. The van der Waals surface area contributed by atoms with Gasteiger partial charge in [-0.3, -0.25) is 4.79 Å². The monoisotopic (exact) mass is 304 g/mol. The Morgan fingerprint density at radius 1 is 1.50 bits per heavy atom. The number of benzene rings is 1. The van der Waals surface area contributed by atoms with Crippen molar-refractivity contribution in [3.8, 4) is 0 Å². The number of carbonyl (C=O) groups is 2. The van der Waals surface area contributed by atoms with Gasteiger partial charge in [0.15, 0.2) is 0 Å². The van der Waals surface area contributed by atoms with Crippen LogP contribution in [-0.4, -0.2) is 48.8 Å². The molecule has 8 heteroatoms. The predicted octanol–water partition coefficient (Wildman–Crippen LogP) is 2.04. The molecule has 1 aromatic rings. The normalized spacial score (nSPS) is 10.2. The molecule has 1 aromatic carbocycles. The minimum atomic E-state index is -1.15. The first kappa shape index (κ1) is 16.2. The van der Waals surface area contributed by atoms with Gasteiger partial charge in [0.1, 0.15) is 12.4 Å². The molecular formula is C12H14ClFN2O4. The van der Waals surface area contributed by atoms with Gasteiger partial charge in [-0.1, -0.05) is 11.6 Å². The Labute approximate surface area is 120 Å². The number of rotatable bonds is 6. The summed E-state index contributed by atoms with van der Waals surface area (Å²) in [4.78, 5) is 23.7. The second-order valence-electron chi connectivity index (χ2n) is 3.86. The van der Waals surface area contributed by atoms with Gasteiger partial charge >= 0.3 is 12.0 Å². The van der Waals surface area contributed by atoms with Gasteiger partial charge in [-0.15, -0.1) is 0 Å². The Hall–Kier alpha value is -1.86. The highest BCUT2D eigenvalue weighted by Gasteiger charge is 2.17. The highest BCUT2D eigenvalue weighted by molar-refractivity contribution is 6.33. The van der Waals surface area contributed by atoms with E-state index in [1.165, 1.54) is 13.2 Å². The van der Waals surface area contributed by atoms with Gasteiger partial charge in [-0.2, -0.15) is 0 Å². The number of nitrogens with zero attached hydrogens (tertiary/aromatic N) is 1. The van der Waals surface area contributed by atoms with Crippen molar-refractivity contribution in [1.82, 2.24) is 4.90 Å². The van der Waals surface area contributed by atoms with Crippen LogP contribution in [0.25, 0.3) is 0 Å². The number of anilines is 1. The number of aliphatic carboxylic acids is 1. The average Bonchev–Trinajstić information content (AvgIpc) is 2.37. The van der Waals surface area contributed by atoms with Crippen LogP contribution in [0.2, 0.25) is 5.02 Å². The quantitative estimate of drug-likeness (QED) is 0.843. The summed E-state index contributed by atoms with van der Waals surface area (Å²) in [6, 6.07) is 2.83. The summed E-state index contributed by atoms with van der Waals surface area (Å²) < 4.78 is 17.7. The van der Waals surface area contributed by atoms with Crippen LogP contribution in [-0.2, 0) is 9.53 Å². The maximum atomic E-state index is 12.9. The van der Waals surface area contributed by atoms with E-state index in [0.717, 1.165) is 17.0 Å². The Morgan fingerprint density at radius 3 is 2.75 bits per heavy atom. The third kappa shape index (κ3) is 5.02. The minimum Gasteiger partial charge on any atom is -0.480 e. The van der Waals surface area contributed by atoms with Crippen molar-refractivity contribution >= 4 is 29.3 Å². The van der Waals surface area contributed by atoms with Crippen molar-refractivity contribution in [2.45, 2.75) is 0 Å². The second-order valence-corrected chi connectivity index (χ2v) is 4.27. The van der Waals surface area contributed by atoms with Crippen LogP contribution < -0.4 is 5.32 Å². The Balaban J connectivity index is 2.76. The van der Waals surface area contributed by atoms with Crippen molar-refractivity contribution in [3.05, 3.63) is 29.0 Å². The fourth-order valence-corrected chi connectivity index (χ4v) is 1.62. The Kier molecular flexibility index (Phi) is 6.20. The molecule has 2 N–H and O–H groups in total. The summed E-state index contributed by atoms with van der Waals surface area (Å²) in [5.74, 6) is -1.68. The molecule has 20 heavy (non-hydrogen) atoms. The highest BCUT2D eigenvalue weighted by Crippen LogP contribution is 2.22. The number of amides is 2. The summed E-state index contributed by atoms with van der Waals surface area (Å²) >= 11 is 5.77. The molecule has 0 bridgehead atoms. The summed E-state index contributed by atoms with van der Waals surface area (Å²) in [7, 11) is 1.44. The average molecular weight is 305 g/mol. The third-order valence-electron chi connectivity index (χ3n) is 2.35. The lowest BCUT2D eigenvalue weighted by molar-refractivity contribution is -0.137. The van der Waals surface area contributed by atoms with Crippen molar-refractivity contribution in [2.24, 2.45) is 0 Å². The van der Waals surface area contributed by atoms with Crippen molar-refractivity contribution in [2.75, 3.05) is 32.1 Å². The van der Waals surface area contributed by atoms with E-state index in [2.05, 4.69) is 5.32 Å². The van der Waals surface area contributed by atoms with Crippen LogP contribution in [0.4, 0.5) is 14.9 Å². The first-order chi connectivity index (χ1) is 9.43. The lowest BCUT2D eigenvalue weighted by Gasteiger charge is -2.21. The van der Waals surface area contributed by atoms with E-state index < -0.39 is 24.4 Å². The molecule has 0 fully saturated rings. The van der Waals surface area contributed by atoms with Gasteiger partial charge in [0.05, 0.1) is 17.3 Å². The number of halogens is 2. The summed E-state index contributed by atoms with van der Waals surface area (Å²) in [6.45, 7) is -0.181. The molecule has 1 rings (SSSR count). The first-order valence-corrected chi connectivity index (χ1v) is 6.03. The summed E-state index contributed by atoms with van der Waals surface area (Å²) in [5, 5.41) is 11.2. The minimum absolute atomic E-state index is 0.0281. The second kappa shape index (κ2) is 7.66. The fraction of sp³-hybridized carbons (Fsp3) is 0.333. The largest absolute Gasteiger partial charge is 0.480 e. The number of nitrogens with one attached hydrogen (secondary N) is 1. The number of carbonyl (C=O) groups excluding carboxylic acids is 1. The molecule has 0 atom stereocenters. The van der Waals surface area contributed by atoms with E-state index in [4.69, 9.17) is 21.4 Å². The Morgan fingerprint density at radius 2 is 2.20 bits per heavy atom. The molecule has 0 aliphatic rings.